The van der Waals surface area contributed by atoms with E-state index in [0.717, 1.165) is 24.3 Å². The Labute approximate surface area is 126 Å². The van der Waals surface area contributed by atoms with Gasteiger partial charge in [0.25, 0.3) is 0 Å². The first-order valence-corrected chi connectivity index (χ1v) is 8.56. The number of hydrogen-bond acceptors (Lipinski definition) is 4. The maximum Gasteiger partial charge on any atom is 0.125 e. The monoisotopic (exact) mass is 296 g/mol. The predicted molar refractivity (Wildman–Crippen MR) is 84.9 cm³/mol. The third kappa shape index (κ3) is 3.23. The Morgan fingerprint density at radius 3 is 2.80 bits per heavy atom. The SMILES string of the molecule is COC1(c2nc(CC(C)C)c(CN)s2)CCCC(C)C1. The molecular formula is C16H28N2OS. The fourth-order valence-electron chi connectivity index (χ4n) is 3.25. The van der Waals surface area contributed by atoms with Crippen molar-refractivity contribution >= 4 is 11.3 Å². The second kappa shape index (κ2) is 6.54. The van der Waals surface area contributed by atoms with Crippen molar-refractivity contribution in [2.24, 2.45) is 17.6 Å². The number of nitrogens with two attached hydrogens (primary N) is 1. The van der Waals surface area contributed by atoms with Gasteiger partial charge in [0.1, 0.15) is 10.6 Å². The van der Waals surface area contributed by atoms with E-state index in [1.807, 2.05) is 7.11 Å². The third-order valence-electron chi connectivity index (χ3n) is 4.30. The smallest absolute Gasteiger partial charge is 0.125 e. The summed E-state index contributed by atoms with van der Waals surface area (Å²) in [5.41, 5.74) is 6.94. The molecule has 2 unspecified atom stereocenters. The minimum atomic E-state index is -0.165. The Morgan fingerprint density at radius 1 is 1.50 bits per heavy atom. The molecule has 3 nitrogen and oxygen atoms in total. The van der Waals surface area contributed by atoms with Gasteiger partial charge < -0.3 is 10.5 Å². The molecule has 0 saturated heterocycles. The molecule has 2 rings (SSSR count). The average molecular weight is 296 g/mol. The Morgan fingerprint density at radius 2 is 2.25 bits per heavy atom. The molecule has 0 aliphatic heterocycles. The highest BCUT2D eigenvalue weighted by Gasteiger charge is 2.39. The Kier molecular flexibility index (Phi) is 5.21. The van der Waals surface area contributed by atoms with Crippen LogP contribution in [0.5, 0.6) is 0 Å². The van der Waals surface area contributed by atoms with Crippen LogP contribution in [0.4, 0.5) is 0 Å². The summed E-state index contributed by atoms with van der Waals surface area (Å²) in [7, 11) is 1.84. The van der Waals surface area contributed by atoms with Gasteiger partial charge in [-0.3, -0.25) is 0 Å². The zero-order valence-corrected chi connectivity index (χ0v) is 14.1. The standard InChI is InChI=1S/C16H28N2OS/c1-11(2)8-13-14(10-17)20-15(18-13)16(19-4)7-5-6-12(3)9-16/h11-12H,5-10,17H2,1-4H3. The Hall–Kier alpha value is -0.450. The van der Waals surface area contributed by atoms with E-state index in [2.05, 4.69) is 20.8 Å². The van der Waals surface area contributed by atoms with Gasteiger partial charge in [0, 0.05) is 18.5 Å². The molecule has 1 fully saturated rings. The predicted octanol–water partition coefficient (Wildman–Crippen LogP) is 3.85. The maximum absolute atomic E-state index is 5.96. The molecule has 0 radical (unpaired) electrons. The van der Waals surface area contributed by atoms with Crippen LogP contribution in [0.25, 0.3) is 0 Å². The van der Waals surface area contributed by atoms with Gasteiger partial charge in [0.05, 0.1) is 5.69 Å². The van der Waals surface area contributed by atoms with E-state index in [0.29, 0.717) is 18.4 Å². The quantitative estimate of drug-likeness (QED) is 0.897. The fourth-order valence-corrected chi connectivity index (χ4v) is 4.43. The second-order valence-electron chi connectivity index (χ2n) is 6.59. The van der Waals surface area contributed by atoms with E-state index in [4.69, 9.17) is 15.5 Å². The number of nitrogens with zero attached hydrogens (tertiary/aromatic N) is 1. The molecule has 1 aromatic heterocycles. The lowest BCUT2D eigenvalue weighted by Crippen LogP contribution is -2.34. The molecule has 1 aliphatic carbocycles. The molecule has 0 aromatic carbocycles. The molecule has 2 atom stereocenters. The molecule has 1 aromatic rings. The van der Waals surface area contributed by atoms with Crippen molar-refractivity contribution < 1.29 is 4.74 Å². The number of ether oxygens (including phenoxy) is 1. The Balaban J connectivity index is 2.32. The molecular weight excluding hydrogens is 268 g/mol. The van der Waals surface area contributed by atoms with E-state index in [-0.39, 0.29) is 5.60 Å². The number of rotatable bonds is 5. The van der Waals surface area contributed by atoms with Gasteiger partial charge in [-0.05, 0) is 37.5 Å². The molecule has 0 amide bonds. The van der Waals surface area contributed by atoms with Crippen LogP contribution in [0.3, 0.4) is 0 Å². The van der Waals surface area contributed by atoms with Gasteiger partial charge in [-0.1, -0.05) is 27.2 Å². The van der Waals surface area contributed by atoms with Crippen LogP contribution in [-0.4, -0.2) is 12.1 Å². The van der Waals surface area contributed by atoms with E-state index < -0.39 is 0 Å². The summed E-state index contributed by atoms with van der Waals surface area (Å²) in [6, 6.07) is 0. The molecule has 0 spiro atoms. The summed E-state index contributed by atoms with van der Waals surface area (Å²) in [5, 5.41) is 1.16. The summed E-state index contributed by atoms with van der Waals surface area (Å²) in [4.78, 5) is 6.18. The molecule has 114 valence electrons. The fraction of sp³-hybridized carbons (Fsp3) is 0.812. The van der Waals surface area contributed by atoms with Gasteiger partial charge in [-0.15, -0.1) is 11.3 Å². The van der Waals surface area contributed by atoms with Crippen LogP contribution in [0, 0.1) is 11.8 Å². The van der Waals surface area contributed by atoms with E-state index in [9.17, 15) is 0 Å². The highest BCUT2D eigenvalue weighted by molar-refractivity contribution is 7.11. The summed E-state index contributed by atoms with van der Waals surface area (Å²) in [6.07, 6.45) is 5.72. The van der Waals surface area contributed by atoms with Crippen molar-refractivity contribution in [2.45, 2.75) is 65.0 Å². The summed E-state index contributed by atoms with van der Waals surface area (Å²) < 4.78 is 5.96. The van der Waals surface area contributed by atoms with Crippen LogP contribution in [0.2, 0.25) is 0 Å². The highest BCUT2D eigenvalue weighted by Crippen LogP contribution is 2.44. The van der Waals surface area contributed by atoms with Crippen LogP contribution in [0.1, 0.15) is 62.0 Å². The normalized spacial score (nSPS) is 27.2. The van der Waals surface area contributed by atoms with E-state index in [1.54, 1.807) is 11.3 Å². The first-order chi connectivity index (χ1) is 9.50. The largest absolute Gasteiger partial charge is 0.371 e. The van der Waals surface area contributed by atoms with Crippen LogP contribution < -0.4 is 5.73 Å². The molecule has 1 aliphatic rings. The van der Waals surface area contributed by atoms with Crippen LogP contribution in [-0.2, 0) is 23.3 Å². The number of thiazole rings is 1. The van der Waals surface area contributed by atoms with Gasteiger partial charge in [0.15, 0.2) is 0 Å². The van der Waals surface area contributed by atoms with Gasteiger partial charge in [-0.2, -0.15) is 0 Å². The van der Waals surface area contributed by atoms with Crippen LogP contribution >= 0.6 is 11.3 Å². The molecule has 20 heavy (non-hydrogen) atoms. The third-order valence-corrected chi connectivity index (χ3v) is 5.61. The van der Waals surface area contributed by atoms with Crippen molar-refractivity contribution in [1.29, 1.82) is 0 Å². The van der Waals surface area contributed by atoms with Crippen molar-refractivity contribution in [2.75, 3.05) is 7.11 Å². The molecule has 1 saturated carbocycles. The molecule has 1 heterocycles. The van der Waals surface area contributed by atoms with E-state index in [1.165, 1.54) is 23.4 Å². The van der Waals surface area contributed by atoms with Gasteiger partial charge in [-0.25, -0.2) is 4.98 Å². The lowest BCUT2D eigenvalue weighted by molar-refractivity contribution is -0.0581. The second-order valence-corrected chi connectivity index (χ2v) is 7.67. The van der Waals surface area contributed by atoms with Crippen molar-refractivity contribution in [3.05, 3.63) is 15.6 Å². The molecule has 4 heteroatoms. The minimum Gasteiger partial charge on any atom is -0.371 e. The maximum atomic E-state index is 5.96. The first-order valence-electron chi connectivity index (χ1n) is 7.75. The van der Waals surface area contributed by atoms with Crippen molar-refractivity contribution in [1.82, 2.24) is 4.98 Å². The minimum absolute atomic E-state index is 0.165. The summed E-state index contributed by atoms with van der Waals surface area (Å²) in [6.45, 7) is 7.37. The zero-order chi connectivity index (χ0) is 14.8. The van der Waals surface area contributed by atoms with Crippen molar-refractivity contribution in [3.63, 3.8) is 0 Å². The summed E-state index contributed by atoms with van der Waals surface area (Å²) >= 11 is 1.77. The number of hydrogen-bond donors (Lipinski definition) is 1. The topological polar surface area (TPSA) is 48.1 Å². The zero-order valence-electron chi connectivity index (χ0n) is 13.2. The lowest BCUT2D eigenvalue weighted by atomic mass is 9.79. The lowest BCUT2D eigenvalue weighted by Gasteiger charge is -2.37. The highest BCUT2D eigenvalue weighted by atomic mass is 32.1. The molecule has 0 bridgehead atoms. The average Bonchev–Trinajstić information content (AvgIpc) is 2.81. The first kappa shape index (κ1) is 15.9. The van der Waals surface area contributed by atoms with E-state index >= 15 is 0 Å². The Bertz CT molecular complexity index is 444. The number of methoxy groups -OCH3 is 1. The van der Waals surface area contributed by atoms with Gasteiger partial charge >= 0.3 is 0 Å². The van der Waals surface area contributed by atoms with Gasteiger partial charge in [0.2, 0.25) is 0 Å². The van der Waals surface area contributed by atoms with Crippen LogP contribution in [0.15, 0.2) is 0 Å². The van der Waals surface area contributed by atoms with Crippen molar-refractivity contribution in [3.8, 4) is 0 Å². The molecule has 2 N–H and O–H groups in total. The summed E-state index contributed by atoms with van der Waals surface area (Å²) in [5.74, 6) is 1.32. The number of aromatic nitrogens is 1.